The molecule has 2 heterocycles. The van der Waals surface area contributed by atoms with Crippen LogP contribution in [0.4, 0.5) is 0 Å². The Bertz CT molecular complexity index is 671. The number of carboxylic acids is 1. The first-order chi connectivity index (χ1) is 8.18. The van der Waals surface area contributed by atoms with E-state index in [1.807, 2.05) is 0 Å². The lowest BCUT2D eigenvalue weighted by Gasteiger charge is -2.10. The lowest BCUT2D eigenvalue weighted by Crippen LogP contribution is -2.24. The highest BCUT2D eigenvalue weighted by atomic mass is 32.1. The summed E-state index contributed by atoms with van der Waals surface area (Å²) in [6.07, 6.45) is 5.12. The molecule has 0 fully saturated rings. The maximum absolute atomic E-state index is 12.1. The van der Waals surface area contributed by atoms with Crippen molar-refractivity contribution in [1.29, 1.82) is 0 Å². The summed E-state index contributed by atoms with van der Waals surface area (Å²) in [5, 5.41) is 8.92. The van der Waals surface area contributed by atoms with E-state index in [2.05, 4.69) is 4.98 Å². The zero-order valence-electron chi connectivity index (χ0n) is 8.97. The third kappa shape index (κ3) is 1.48. The van der Waals surface area contributed by atoms with E-state index in [1.165, 1.54) is 20.6 Å². The second-order valence-electron chi connectivity index (χ2n) is 4.08. The minimum atomic E-state index is -1.22. The van der Waals surface area contributed by atoms with Gasteiger partial charge < -0.3 is 5.11 Å². The summed E-state index contributed by atoms with van der Waals surface area (Å²) < 4.78 is 1.47. The minimum Gasteiger partial charge on any atom is -0.477 e. The van der Waals surface area contributed by atoms with Crippen LogP contribution in [0.5, 0.6) is 0 Å². The zero-order chi connectivity index (χ0) is 12.0. The van der Waals surface area contributed by atoms with E-state index in [4.69, 9.17) is 5.11 Å². The molecule has 0 saturated carbocycles. The summed E-state index contributed by atoms with van der Waals surface area (Å²) in [6.45, 7) is 0. The summed E-state index contributed by atoms with van der Waals surface area (Å²) in [7, 11) is 0. The van der Waals surface area contributed by atoms with Gasteiger partial charge >= 0.3 is 5.97 Å². The van der Waals surface area contributed by atoms with Crippen LogP contribution < -0.4 is 5.56 Å². The molecule has 1 aliphatic carbocycles. The van der Waals surface area contributed by atoms with Crippen LogP contribution in [0.25, 0.3) is 4.96 Å². The highest BCUT2D eigenvalue weighted by molar-refractivity contribution is 7.17. The number of hydrogen-bond acceptors (Lipinski definition) is 4. The largest absolute Gasteiger partial charge is 0.477 e. The van der Waals surface area contributed by atoms with Crippen molar-refractivity contribution in [2.45, 2.75) is 25.7 Å². The maximum Gasteiger partial charge on any atom is 0.342 e. The molecule has 0 saturated heterocycles. The molecule has 1 aliphatic rings. The molecule has 0 unspecified atom stereocenters. The Morgan fingerprint density at radius 2 is 2.18 bits per heavy atom. The maximum atomic E-state index is 12.1. The highest BCUT2D eigenvalue weighted by Gasteiger charge is 2.20. The molecule has 0 aliphatic heterocycles. The van der Waals surface area contributed by atoms with E-state index in [-0.39, 0.29) is 5.56 Å². The fourth-order valence-corrected chi connectivity index (χ4v) is 3.38. The first-order valence-corrected chi connectivity index (χ1v) is 6.26. The molecule has 0 aromatic carbocycles. The molecule has 2 aromatic heterocycles. The van der Waals surface area contributed by atoms with Crippen LogP contribution in [0.15, 0.2) is 11.0 Å². The number of aromatic nitrogens is 2. The fourth-order valence-electron chi connectivity index (χ4n) is 2.22. The van der Waals surface area contributed by atoms with Gasteiger partial charge in [0.1, 0.15) is 5.56 Å². The van der Waals surface area contributed by atoms with E-state index < -0.39 is 11.5 Å². The van der Waals surface area contributed by atoms with E-state index >= 15 is 0 Å². The lowest BCUT2D eigenvalue weighted by atomic mass is 10.0. The number of thiazole rings is 1. The Hall–Kier alpha value is -1.69. The van der Waals surface area contributed by atoms with Gasteiger partial charge in [0.2, 0.25) is 0 Å². The van der Waals surface area contributed by atoms with Crippen LogP contribution in [0.2, 0.25) is 0 Å². The standard InChI is InChI=1S/C11H10N2O3S/c14-9-6(10(15)16)5-12-11-13(9)7-3-1-2-4-8(7)17-11/h5H,1-4H2,(H,15,16). The third-order valence-corrected chi connectivity index (χ3v) is 4.19. The van der Waals surface area contributed by atoms with Crippen molar-refractivity contribution in [3.8, 4) is 0 Å². The molecule has 1 N–H and O–H groups in total. The van der Waals surface area contributed by atoms with Gasteiger partial charge in [0.15, 0.2) is 4.96 Å². The Labute approximate surface area is 100 Å². The van der Waals surface area contributed by atoms with Crippen LogP contribution in [0.1, 0.15) is 33.8 Å². The zero-order valence-corrected chi connectivity index (χ0v) is 9.79. The molecule has 3 rings (SSSR count). The van der Waals surface area contributed by atoms with Gasteiger partial charge in [-0.3, -0.25) is 9.20 Å². The van der Waals surface area contributed by atoms with Gasteiger partial charge in [0, 0.05) is 10.6 Å². The first kappa shape index (κ1) is 10.5. The van der Waals surface area contributed by atoms with Gasteiger partial charge in [0.05, 0.1) is 6.20 Å². The summed E-state index contributed by atoms with van der Waals surface area (Å²) in [6, 6.07) is 0. The number of rotatable bonds is 1. The van der Waals surface area contributed by atoms with E-state index in [0.717, 1.165) is 37.6 Å². The van der Waals surface area contributed by atoms with Crippen LogP contribution in [-0.4, -0.2) is 20.5 Å². The van der Waals surface area contributed by atoms with Crippen molar-refractivity contribution in [1.82, 2.24) is 9.38 Å². The van der Waals surface area contributed by atoms with Crippen LogP contribution in [-0.2, 0) is 12.8 Å². The first-order valence-electron chi connectivity index (χ1n) is 5.44. The predicted molar refractivity (Wildman–Crippen MR) is 62.9 cm³/mol. The van der Waals surface area contributed by atoms with Gasteiger partial charge in [-0.1, -0.05) is 0 Å². The third-order valence-electron chi connectivity index (χ3n) is 3.03. The fraction of sp³-hybridized carbons (Fsp3) is 0.364. The molecule has 5 nitrogen and oxygen atoms in total. The average molecular weight is 250 g/mol. The van der Waals surface area contributed by atoms with Crippen LogP contribution in [0.3, 0.4) is 0 Å². The van der Waals surface area contributed by atoms with Gasteiger partial charge in [-0.15, -0.1) is 11.3 Å². The predicted octanol–water partition coefficient (Wildman–Crippen LogP) is 1.33. The van der Waals surface area contributed by atoms with Crippen LogP contribution in [0, 0.1) is 0 Å². The van der Waals surface area contributed by atoms with Crippen molar-refractivity contribution < 1.29 is 9.90 Å². The van der Waals surface area contributed by atoms with Crippen LogP contribution >= 0.6 is 11.3 Å². The van der Waals surface area contributed by atoms with E-state index in [0.29, 0.717) is 4.96 Å². The monoisotopic (exact) mass is 250 g/mol. The molecule has 6 heteroatoms. The molecule has 0 radical (unpaired) electrons. The Morgan fingerprint density at radius 3 is 2.94 bits per heavy atom. The number of carboxylic acid groups (broad SMARTS) is 1. The Morgan fingerprint density at radius 1 is 1.41 bits per heavy atom. The number of hydrogen-bond donors (Lipinski definition) is 1. The Kier molecular flexibility index (Phi) is 2.25. The molecule has 0 bridgehead atoms. The lowest BCUT2D eigenvalue weighted by molar-refractivity contribution is 0.0694. The van der Waals surface area contributed by atoms with Gasteiger partial charge in [-0.25, -0.2) is 9.78 Å². The molecule has 0 atom stereocenters. The number of carbonyl (C=O) groups is 1. The summed E-state index contributed by atoms with van der Waals surface area (Å²) in [4.78, 5) is 28.8. The quantitative estimate of drug-likeness (QED) is 0.828. The number of aryl methyl sites for hydroxylation is 2. The highest BCUT2D eigenvalue weighted by Crippen LogP contribution is 2.27. The number of aromatic carboxylic acids is 1. The topological polar surface area (TPSA) is 71.7 Å². The van der Waals surface area contributed by atoms with Crippen molar-refractivity contribution in [3.05, 3.63) is 32.7 Å². The molecule has 0 spiro atoms. The number of fused-ring (bicyclic) bond motifs is 3. The summed E-state index contributed by atoms with van der Waals surface area (Å²) in [5.41, 5.74) is 0.243. The van der Waals surface area contributed by atoms with Crippen molar-refractivity contribution in [3.63, 3.8) is 0 Å². The van der Waals surface area contributed by atoms with E-state index in [9.17, 15) is 9.59 Å². The van der Waals surface area contributed by atoms with Gasteiger partial charge in [0.25, 0.3) is 5.56 Å². The summed E-state index contributed by atoms with van der Waals surface area (Å²) in [5.74, 6) is -1.22. The van der Waals surface area contributed by atoms with Crippen molar-refractivity contribution in [2.24, 2.45) is 0 Å². The molecular formula is C11H10N2O3S. The second-order valence-corrected chi connectivity index (χ2v) is 5.14. The van der Waals surface area contributed by atoms with Gasteiger partial charge in [-0.2, -0.15) is 0 Å². The smallest absolute Gasteiger partial charge is 0.342 e. The molecule has 0 amide bonds. The molecule has 17 heavy (non-hydrogen) atoms. The molecule has 88 valence electrons. The normalized spacial score (nSPS) is 14.8. The summed E-state index contributed by atoms with van der Waals surface area (Å²) >= 11 is 1.49. The van der Waals surface area contributed by atoms with E-state index in [1.54, 1.807) is 0 Å². The van der Waals surface area contributed by atoms with Crippen molar-refractivity contribution in [2.75, 3.05) is 0 Å². The second kappa shape index (κ2) is 3.66. The molecule has 2 aromatic rings. The number of nitrogens with zero attached hydrogens (tertiary/aromatic N) is 2. The Balaban J connectivity index is 2.38. The van der Waals surface area contributed by atoms with Crippen molar-refractivity contribution >= 4 is 22.3 Å². The van der Waals surface area contributed by atoms with Gasteiger partial charge in [-0.05, 0) is 25.7 Å². The minimum absolute atomic E-state index is 0.256. The SMILES string of the molecule is O=C(O)c1cnc2sc3c(n2c1=O)CCCC3. The molecular weight excluding hydrogens is 240 g/mol. The average Bonchev–Trinajstić information content (AvgIpc) is 2.67.